The Morgan fingerprint density at radius 2 is 2.32 bits per heavy atom. The highest BCUT2D eigenvalue weighted by atomic mass is 79.9. The molecular weight excluding hydrogens is 306 g/mol. The van der Waals surface area contributed by atoms with Gasteiger partial charge in [0.15, 0.2) is 0 Å². The van der Waals surface area contributed by atoms with Crippen LogP contribution in [0.15, 0.2) is 22.7 Å². The summed E-state index contributed by atoms with van der Waals surface area (Å²) in [6.45, 7) is 4.53. The van der Waals surface area contributed by atoms with Crippen LogP contribution in [-0.4, -0.2) is 31.9 Å². The summed E-state index contributed by atoms with van der Waals surface area (Å²) < 4.78 is 6.53. The number of hydrogen-bond donors (Lipinski definition) is 1. The van der Waals surface area contributed by atoms with Gasteiger partial charge in [0.25, 0.3) is 0 Å². The number of nitrogens with zero attached hydrogens (tertiary/aromatic N) is 1. The molecule has 106 valence electrons. The highest BCUT2D eigenvalue weighted by molar-refractivity contribution is 9.10. The molecule has 0 radical (unpaired) electrons. The van der Waals surface area contributed by atoms with Crippen molar-refractivity contribution in [2.24, 2.45) is 5.92 Å². The van der Waals surface area contributed by atoms with Crippen LogP contribution in [0.5, 0.6) is 0 Å². The molecule has 0 saturated carbocycles. The van der Waals surface area contributed by atoms with Crippen molar-refractivity contribution < 1.29 is 9.84 Å². The smallest absolute Gasteiger partial charge is 0.0782 e. The number of benzene rings is 1. The van der Waals surface area contributed by atoms with Crippen LogP contribution >= 0.6 is 15.9 Å². The van der Waals surface area contributed by atoms with Gasteiger partial charge in [-0.25, -0.2) is 0 Å². The van der Waals surface area contributed by atoms with E-state index in [-0.39, 0.29) is 0 Å². The normalized spacial score (nSPS) is 21.2. The number of hydrogen-bond acceptors (Lipinski definition) is 3. The minimum Gasteiger partial charge on any atom is -0.389 e. The quantitative estimate of drug-likeness (QED) is 0.920. The molecule has 0 spiro atoms. The van der Waals surface area contributed by atoms with Crippen molar-refractivity contribution in [1.82, 2.24) is 0 Å². The Balaban J connectivity index is 2.11. The number of anilines is 1. The van der Waals surface area contributed by atoms with Gasteiger partial charge in [-0.15, -0.1) is 0 Å². The number of ether oxygens (including phenoxy) is 1. The van der Waals surface area contributed by atoms with E-state index in [0.29, 0.717) is 5.92 Å². The highest BCUT2D eigenvalue weighted by Crippen LogP contribution is 2.30. The van der Waals surface area contributed by atoms with Crippen LogP contribution in [-0.2, 0) is 4.74 Å². The van der Waals surface area contributed by atoms with Gasteiger partial charge < -0.3 is 14.7 Å². The van der Waals surface area contributed by atoms with Gasteiger partial charge in [0.1, 0.15) is 0 Å². The summed E-state index contributed by atoms with van der Waals surface area (Å²) in [4.78, 5) is 2.23. The fraction of sp³-hybridized carbons (Fsp3) is 0.600. The summed E-state index contributed by atoms with van der Waals surface area (Å²) >= 11 is 3.46. The van der Waals surface area contributed by atoms with Gasteiger partial charge in [-0.1, -0.05) is 15.9 Å². The van der Waals surface area contributed by atoms with Crippen LogP contribution in [0, 0.1) is 5.92 Å². The molecule has 1 heterocycles. The van der Waals surface area contributed by atoms with Crippen molar-refractivity contribution in [1.29, 1.82) is 0 Å². The second-order valence-electron chi connectivity index (χ2n) is 5.34. The van der Waals surface area contributed by atoms with E-state index >= 15 is 0 Å². The van der Waals surface area contributed by atoms with Crippen LogP contribution in [0.4, 0.5) is 5.69 Å². The maximum Gasteiger partial charge on any atom is 0.0782 e. The molecule has 19 heavy (non-hydrogen) atoms. The fourth-order valence-electron chi connectivity index (χ4n) is 2.64. The third-order valence-electron chi connectivity index (χ3n) is 3.64. The number of aliphatic hydroxyl groups excluding tert-OH is 1. The Kier molecular flexibility index (Phi) is 5.25. The summed E-state index contributed by atoms with van der Waals surface area (Å²) in [5.74, 6) is 0.587. The molecule has 4 heteroatoms. The lowest BCUT2D eigenvalue weighted by molar-refractivity contribution is 0.0576. The summed E-state index contributed by atoms with van der Waals surface area (Å²) in [7, 11) is 2.09. The van der Waals surface area contributed by atoms with Gasteiger partial charge in [0.05, 0.1) is 12.7 Å². The molecule has 0 aliphatic carbocycles. The van der Waals surface area contributed by atoms with Crippen molar-refractivity contribution in [2.45, 2.75) is 25.9 Å². The third-order valence-corrected chi connectivity index (χ3v) is 4.13. The zero-order valence-electron chi connectivity index (χ0n) is 11.6. The van der Waals surface area contributed by atoms with Gasteiger partial charge in [-0.3, -0.25) is 0 Å². The summed E-state index contributed by atoms with van der Waals surface area (Å²) in [6.07, 6.45) is 1.92. The van der Waals surface area contributed by atoms with Crippen molar-refractivity contribution in [3.8, 4) is 0 Å². The lowest BCUT2D eigenvalue weighted by Gasteiger charge is -2.30. The summed E-state index contributed by atoms with van der Waals surface area (Å²) in [5, 5.41) is 9.91. The Labute approximate surface area is 123 Å². The molecule has 1 aromatic rings. The fourth-order valence-corrected chi connectivity index (χ4v) is 3.02. The molecule has 3 nitrogen and oxygen atoms in total. The van der Waals surface area contributed by atoms with E-state index in [4.69, 9.17) is 4.74 Å². The van der Waals surface area contributed by atoms with Crippen LogP contribution < -0.4 is 4.90 Å². The standard InChI is InChI=1S/C15H22BrNO2/c1-11(18)14-8-13(16)5-6-15(14)17(2)9-12-4-3-7-19-10-12/h5-6,8,11-12,18H,3-4,7,9-10H2,1-2H3. The van der Waals surface area contributed by atoms with Crippen LogP contribution in [0.1, 0.15) is 31.4 Å². The molecule has 1 fully saturated rings. The molecule has 0 bridgehead atoms. The van der Waals surface area contributed by atoms with E-state index in [1.165, 1.54) is 6.42 Å². The van der Waals surface area contributed by atoms with Gasteiger partial charge in [-0.05, 0) is 43.9 Å². The Hall–Kier alpha value is -0.580. The average Bonchev–Trinajstić information content (AvgIpc) is 2.39. The molecular formula is C15H22BrNO2. The maximum absolute atomic E-state index is 9.91. The Morgan fingerprint density at radius 1 is 1.53 bits per heavy atom. The zero-order chi connectivity index (χ0) is 13.8. The summed E-state index contributed by atoms with van der Waals surface area (Å²) in [5.41, 5.74) is 2.07. The van der Waals surface area contributed by atoms with Gasteiger partial charge in [-0.2, -0.15) is 0 Å². The molecule has 1 aromatic carbocycles. The first kappa shape index (κ1) is 14.8. The highest BCUT2D eigenvalue weighted by Gasteiger charge is 2.18. The molecule has 1 saturated heterocycles. The molecule has 0 aromatic heterocycles. The third kappa shape index (κ3) is 3.94. The van der Waals surface area contributed by atoms with Crippen molar-refractivity contribution >= 4 is 21.6 Å². The predicted molar refractivity (Wildman–Crippen MR) is 81.6 cm³/mol. The van der Waals surface area contributed by atoms with Crippen LogP contribution in [0.2, 0.25) is 0 Å². The summed E-state index contributed by atoms with van der Waals surface area (Å²) in [6, 6.07) is 6.08. The number of halogens is 1. The number of aliphatic hydroxyl groups is 1. The Bertz CT molecular complexity index is 417. The minimum absolute atomic E-state index is 0.461. The monoisotopic (exact) mass is 327 g/mol. The molecule has 1 N–H and O–H groups in total. The molecule has 1 aliphatic rings. The first-order chi connectivity index (χ1) is 9.08. The van der Waals surface area contributed by atoms with Crippen LogP contribution in [0.25, 0.3) is 0 Å². The second-order valence-corrected chi connectivity index (χ2v) is 6.26. The molecule has 2 unspecified atom stereocenters. The minimum atomic E-state index is -0.461. The molecule has 2 rings (SSSR count). The zero-order valence-corrected chi connectivity index (χ0v) is 13.2. The lowest BCUT2D eigenvalue weighted by Crippen LogP contribution is -2.31. The molecule has 1 aliphatic heterocycles. The van der Waals surface area contributed by atoms with Crippen molar-refractivity contribution in [3.05, 3.63) is 28.2 Å². The Morgan fingerprint density at radius 3 is 2.95 bits per heavy atom. The SMILES string of the molecule is CC(O)c1cc(Br)ccc1N(C)CC1CCCOC1. The van der Waals surface area contributed by atoms with E-state index in [2.05, 4.69) is 33.9 Å². The predicted octanol–water partition coefficient (Wildman–Crippen LogP) is 3.37. The van der Waals surface area contributed by atoms with E-state index in [9.17, 15) is 5.11 Å². The van der Waals surface area contributed by atoms with E-state index in [0.717, 1.165) is 41.9 Å². The van der Waals surface area contributed by atoms with Crippen molar-refractivity contribution in [3.63, 3.8) is 0 Å². The van der Waals surface area contributed by atoms with E-state index in [1.807, 2.05) is 19.1 Å². The lowest BCUT2D eigenvalue weighted by atomic mass is 10.0. The van der Waals surface area contributed by atoms with Gasteiger partial charge >= 0.3 is 0 Å². The maximum atomic E-state index is 9.91. The first-order valence-corrected chi connectivity index (χ1v) is 7.63. The van der Waals surface area contributed by atoms with Crippen molar-refractivity contribution in [2.75, 3.05) is 31.7 Å². The number of rotatable bonds is 4. The molecule has 0 amide bonds. The van der Waals surface area contributed by atoms with Crippen LogP contribution in [0.3, 0.4) is 0 Å². The molecule has 2 atom stereocenters. The first-order valence-electron chi connectivity index (χ1n) is 6.84. The van der Waals surface area contributed by atoms with E-state index < -0.39 is 6.10 Å². The van der Waals surface area contributed by atoms with Gasteiger partial charge in [0, 0.05) is 35.9 Å². The van der Waals surface area contributed by atoms with Gasteiger partial charge in [0.2, 0.25) is 0 Å². The largest absolute Gasteiger partial charge is 0.389 e. The second kappa shape index (κ2) is 6.73. The average molecular weight is 328 g/mol. The topological polar surface area (TPSA) is 32.7 Å². The van der Waals surface area contributed by atoms with E-state index in [1.54, 1.807) is 0 Å².